The summed E-state index contributed by atoms with van der Waals surface area (Å²) in [6.07, 6.45) is 3.17. The van der Waals surface area contributed by atoms with Crippen molar-refractivity contribution in [2.24, 2.45) is 11.1 Å². The Morgan fingerprint density at radius 1 is 1.27 bits per heavy atom. The van der Waals surface area contributed by atoms with Crippen LogP contribution in [0.25, 0.3) is 10.9 Å². The number of piperidine rings is 1. The van der Waals surface area contributed by atoms with Gasteiger partial charge in [-0.1, -0.05) is 0 Å². The van der Waals surface area contributed by atoms with E-state index in [0.717, 1.165) is 18.9 Å². The number of amides is 1. The number of hydroxylamine groups is 2. The Morgan fingerprint density at radius 2 is 1.92 bits per heavy atom. The maximum Gasteiger partial charge on any atom is 0.330 e. The van der Waals surface area contributed by atoms with Crippen LogP contribution in [-0.4, -0.2) is 39.8 Å². The second-order valence-electron chi connectivity index (χ2n) is 7.65. The van der Waals surface area contributed by atoms with Gasteiger partial charge in [0.2, 0.25) is 0 Å². The summed E-state index contributed by atoms with van der Waals surface area (Å²) in [4.78, 5) is 28.9. The highest BCUT2D eigenvalue weighted by molar-refractivity contribution is 6.04. The number of aromatic nitrogens is 2. The first kappa shape index (κ1) is 18.3. The molecule has 26 heavy (non-hydrogen) atoms. The van der Waals surface area contributed by atoms with Crippen molar-refractivity contribution in [3.8, 4) is 0 Å². The quantitative estimate of drug-likeness (QED) is 0.905. The van der Waals surface area contributed by atoms with Gasteiger partial charge >= 0.3 is 5.97 Å². The molecule has 2 N–H and O–H groups in total. The molecule has 0 aliphatic carbocycles. The lowest BCUT2D eigenvalue weighted by molar-refractivity contribution is -0.205. The number of halogens is 1. The Bertz CT molecular complexity index is 848. The zero-order valence-electron chi connectivity index (χ0n) is 15.2. The summed E-state index contributed by atoms with van der Waals surface area (Å²) in [7, 11) is 0. The maximum absolute atomic E-state index is 13.7. The summed E-state index contributed by atoms with van der Waals surface area (Å²) in [6.45, 7) is 6.60. The summed E-state index contributed by atoms with van der Waals surface area (Å²) in [5, 5.41) is 6.66. The summed E-state index contributed by atoms with van der Waals surface area (Å²) in [5.41, 5.74) is 5.26. The van der Waals surface area contributed by atoms with E-state index < -0.39 is 17.1 Å². The van der Waals surface area contributed by atoms with Gasteiger partial charge in [-0.05, 0) is 45.7 Å². The minimum Gasteiger partial charge on any atom is -0.367 e. The molecule has 1 saturated heterocycles. The molecule has 3 rings (SSSR count). The van der Waals surface area contributed by atoms with Crippen LogP contribution in [0.1, 0.15) is 50.0 Å². The summed E-state index contributed by atoms with van der Waals surface area (Å²) in [6, 6.07) is 2.53. The SMILES string of the molecule is CC(C)(C)C(=O)ON1CCC(n2cc3cc(F)cc(C(N)=O)c3n2)CC1. The van der Waals surface area contributed by atoms with Crippen molar-refractivity contribution in [1.82, 2.24) is 14.8 Å². The fraction of sp³-hybridized carbons (Fsp3) is 0.500. The predicted octanol–water partition coefficient (Wildman–Crippen LogP) is 2.42. The minimum atomic E-state index is -0.705. The molecule has 2 heterocycles. The van der Waals surface area contributed by atoms with Crippen LogP contribution in [0.5, 0.6) is 0 Å². The van der Waals surface area contributed by atoms with Gasteiger partial charge in [0.1, 0.15) is 11.3 Å². The second-order valence-corrected chi connectivity index (χ2v) is 7.65. The number of hydrogen-bond donors (Lipinski definition) is 1. The van der Waals surface area contributed by atoms with Crippen molar-refractivity contribution in [3.05, 3.63) is 29.7 Å². The molecule has 0 saturated carbocycles. The number of rotatable bonds is 3. The van der Waals surface area contributed by atoms with E-state index in [0.29, 0.717) is 24.0 Å². The van der Waals surface area contributed by atoms with E-state index in [4.69, 9.17) is 10.6 Å². The Morgan fingerprint density at radius 3 is 2.50 bits per heavy atom. The minimum absolute atomic E-state index is 0.0790. The van der Waals surface area contributed by atoms with Crippen LogP contribution in [0.15, 0.2) is 18.3 Å². The van der Waals surface area contributed by atoms with Crippen LogP contribution >= 0.6 is 0 Å². The average molecular weight is 362 g/mol. The van der Waals surface area contributed by atoms with Gasteiger partial charge in [0.25, 0.3) is 5.91 Å². The van der Waals surface area contributed by atoms with E-state index in [1.54, 1.807) is 15.9 Å². The molecule has 8 heteroatoms. The number of benzene rings is 1. The maximum atomic E-state index is 13.7. The van der Waals surface area contributed by atoms with Crippen LogP contribution < -0.4 is 5.73 Å². The molecule has 0 atom stereocenters. The monoisotopic (exact) mass is 362 g/mol. The van der Waals surface area contributed by atoms with Crippen molar-refractivity contribution in [2.75, 3.05) is 13.1 Å². The molecular weight excluding hydrogens is 339 g/mol. The molecule has 0 unspecified atom stereocenters. The van der Waals surface area contributed by atoms with Gasteiger partial charge in [-0.15, -0.1) is 5.06 Å². The predicted molar refractivity (Wildman–Crippen MR) is 93.6 cm³/mol. The third kappa shape index (κ3) is 3.70. The summed E-state index contributed by atoms with van der Waals surface area (Å²) < 4.78 is 15.4. The lowest BCUT2D eigenvalue weighted by Crippen LogP contribution is -2.39. The van der Waals surface area contributed by atoms with Gasteiger partial charge in [-0.25, -0.2) is 9.18 Å². The number of nitrogens with two attached hydrogens (primary N) is 1. The van der Waals surface area contributed by atoms with Crippen LogP contribution in [0.3, 0.4) is 0 Å². The highest BCUT2D eigenvalue weighted by atomic mass is 19.1. The number of hydrogen-bond acceptors (Lipinski definition) is 5. The highest BCUT2D eigenvalue weighted by Crippen LogP contribution is 2.27. The van der Waals surface area contributed by atoms with Crippen LogP contribution in [-0.2, 0) is 9.63 Å². The fourth-order valence-electron chi connectivity index (χ4n) is 2.94. The molecular formula is C18H23FN4O3. The van der Waals surface area contributed by atoms with Crippen LogP contribution in [0.2, 0.25) is 0 Å². The zero-order valence-corrected chi connectivity index (χ0v) is 15.2. The third-order valence-corrected chi connectivity index (χ3v) is 4.48. The van der Waals surface area contributed by atoms with E-state index in [9.17, 15) is 14.0 Å². The molecule has 0 bridgehead atoms. The average Bonchev–Trinajstić information content (AvgIpc) is 2.97. The summed E-state index contributed by atoms with van der Waals surface area (Å²) >= 11 is 0. The van der Waals surface area contributed by atoms with Gasteiger partial charge in [-0.2, -0.15) is 5.10 Å². The Labute approximate surface area is 150 Å². The molecule has 1 aliphatic heterocycles. The smallest absolute Gasteiger partial charge is 0.330 e. The van der Waals surface area contributed by atoms with Crippen molar-refractivity contribution in [1.29, 1.82) is 0 Å². The zero-order chi connectivity index (χ0) is 19.1. The lowest BCUT2D eigenvalue weighted by Gasteiger charge is -2.32. The molecule has 2 aromatic rings. The number of carbonyl (C=O) groups excluding carboxylic acids is 2. The first-order valence-corrected chi connectivity index (χ1v) is 8.60. The number of fused-ring (bicyclic) bond motifs is 1. The van der Waals surface area contributed by atoms with Gasteiger partial charge in [0.15, 0.2) is 0 Å². The first-order valence-electron chi connectivity index (χ1n) is 8.60. The molecule has 1 amide bonds. The standard InChI is InChI=1S/C18H23FN4O3/c1-18(2,3)17(25)26-22-6-4-13(5-7-22)23-10-11-8-12(19)9-14(16(20)24)15(11)21-23/h8-10,13H,4-7H2,1-3H3,(H2,20,24). The fourth-order valence-corrected chi connectivity index (χ4v) is 2.94. The van der Waals surface area contributed by atoms with Crippen molar-refractivity contribution in [2.45, 2.75) is 39.7 Å². The largest absolute Gasteiger partial charge is 0.367 e. The number of primary amides is 1. The Hall–Kier alpha value is -2.48. The van der Waals surface area contributed by atoms with Gasteiger partial charge in [-0.3, -0.25) is 9.48 Å². The third-order valence-electron chi connectivity index (χ3n) is 4.48. The Balaban J connectivity index is 1.73. The van der Waals surface area contributed by atoms with E-state index >= 15 is 0 Å². The Kier molecular flexibility index (Phi) is 4.70. The highest BCUT2D eigenvalue weighted by Gasteiger charge is 2.29. The van der Waals surface area contributed by atoms with Crippen molar-refractivity contribution in [3.63, 3.8) is 0 Å². The summed E-state index contributed by atoms with van der Waals surface area (Å²) in [5.74, 6) is -1.49. The molecule has 1 fully saturated rings. The molecule has 140 valence electrons. The first-order chi connectivity index (χ1) is 12.1. The van der Waals surface area contributed by atoms with Crippen molar-refractivity contribution >= 4 is 22.8 Å². The molecule has 7 nitrogen and oxygen atoms in total. The van der Waals surface area contributed by atoms with E-state index in [1.807, 2.05) is 20.8 Å². The topological polar surface area (TPSA) is 90.5 Å². The van der Waals surface area contributed by atoms with E-state index in [2.05, 4.69) is 5.10 Å². The van der Waals surface area contributed by atoms with Crippen LogP contribution in [0.4, 0.5) is 4.39 Å². The second kappa shape index (κ2) is 6.68. The van der Waals surface area contributed by atoms with Gasteiger partial charge < -0.3 is 10.6 Å². The molecule has 0 radical (unpaired) electrons. The lowest BCUT2D eigenvalue weighted by atomic mass is 9.98. The normalized spacial score (nSPS) is 16.8. The molecule has 1 aromatic heterocycles. The van der Waals surface area contributed by atoms with Crippen molar-refractivity contribution < 1.29 is 18.8 Å². The molecule has 0 spiro atoms. The molecule has 1 aromatic carbocycles. The molecule has 1 aliphatic rings. The number of nitrogens with zero attached hydrogens (tertiary/aromatic N) is 3. The van der Waals surface area contributed by atoms with Gasteiger partial charge in [0, 0.05) is 24.7 Å². The van der Waals surface area contributed by atoms with E-state index in [-0.39, 0.29) is 17.6 Å². The van der Waals surface area contributed by atoms with Gasteiger partial charge in [0.05, 0.1) is 17.0 Å². The number of carbonyl (C=O) groups is 2. The van der Waals surface area contributed by atoms with E-state index in [1.165, 1.54) is 6.07 Å². The van der Waals surface area contributed by atoms with Crippen LogP contribution in [0, 0.1) is 11.2 Å².